The lowest BCUT2D eigenvalue weighted by molar-refractivity contribution is -0.114. The summed E-state index contributed by atoms with van der Waals surface area (Å²) in [5.74, 6) is -0.797. The van der Waals surface area contributed by atoms with Crippen LogP contribution in [0.3, 0.4) is 0 Å². The minimum atomic E-state index is -0.353. The molecule has 0 bridgehead atoms. The molecule has 0 atom stereocenters. The Hall–Kier alpha value is -3.22. The zero-order valence-electron chi connectivity index (χ0n) is 15.8. The van der Waals surface area contributed by atoms with E-state index in [0.717, 1.165) is 25.7 Å². The zero-order valence-corrected chi connectivity index (χ0v) is 15.8. The Kier molecular flexibility index (Phi) is 6.37. The van der Waals surface area contributed by atoms with Crippen LogP contribution in [-0.4, -0.2) is 28.7 Å². The summed E-state index contributed by atoms with van der Waals surface area (Å²) in [4.78, 5) is 40.3. The van der Waals surface area contributed by atoms with Gasteiger partial charge in [0.15, 0.2) is 0 Å². The number of anilines is 2. The van der Waals surface area contributed by atoms with E-state index in [-0.39, 0.29) is 29.5 Å². The average Bonchev–Trinajstić information content (AvgIpc) is 2.68. The standard InChI is InChI=1S/C21H24N4O3/c1-14(26)23-17-8-5-9-18(13-17)25-20(27)15-10-11-22-19(12-15)21(28)24-16-6-3-2-4-7-16/h5,8-13,16H,2-4,6-7H2,1H3,(H,23,26)(H,24,28)(H,25,27). The first-order valence-electron chi connectivity index (χ1n) is 9.47. The molecule has 1 saturated carbocycles. The Morgan fingerprint density at radius 2 is 1.64 bits per heavy atom. The van der Waals surface area contributed by atoms with Gasteiger partial charge in [-0.15, -0.1) is 0 Å². The van der Waals surface area contributed by atoms with Crippen LogP contribution in [0.25, 0.3) is 0 Å². The molecule has 146 valence electrons. The average molecular weight is 380 g/mol. The Bertz CT molecular complexity index is 875. The molecule has 7 nitrogen and oxygen atoms in total. The molecule has 1 aromatic carbocycles. The quantitative estimate of drug-likeness (QED) is 0.740. The zero-order chi connectivity index (χ0) is 19.9. The molecule has 0 radical (unpaired) electrons. The van der Waals surface area contributed by atoms with E-state index in [1.54, 1.807) is 30.3 Å². The maximum Gasteiger partial charge on any atom is 0.270 e. The van der Waals surface area contributed by atoms with Gasteiger partial charge in [-0.25, -0.2) is 0 Å². The molecule has 0 aliphatic heterocycles. The number of benzene rings is 1. The van der Waals surface area contributed by atoms with Crippen molar-refractivity contribution in [3.63, 3.8) is 0 Å². The van der Waals surface area contributed by atoms with Gasteiger partial charge in [-0.05, 0) is 43.2 Å². The lowest BCUT2D eigenvalue weighted by Crippen LogP contribution is -2.36. The summed E-state index contributed by atoms with van der Waals surface area (Å²) >= 11 is 0. The van der Waals surface area contributed by atoms with Gasteiger partial charge < -0.3 is 16.0 Å². The van der Waals surface area contributed by atoms with Crippen LogP contribution in [0.4, 0.5) is 11.4 Å². The largest absolute Gasteiger partial charge is 0.348 e. The van der Waals surface area contributed by atoms with Gasteiger partial charge in [0.2, 0.25) is 5.91 Å². The molecule has 0 saturated heterocycles. The van der Waals surface area contributed by atoms with Crippen LogP contribution in [0.2, 0.25) is 0 Å². The Morgan fingerprint density at radius 3 is 2.36 bits per heavy atom. The number of pyridine rings is 1. The van der Waals surface area contributed by atoms with Gasteiger partial charge in [0.25, 0.3) is 11.8 Å². The first-order valence-corrected chi connectivity index (χ1v) is 9.47. The number of aromatic nitrogens is 1. The van der Waals surface area contributed by atoms with Crippen molar-refractivity contribution >= 4 is 29.1 Å². The topological polar surface area (TPSA) is 100 Å². The summed E-state index contributed by atoms with van der Waals surface area (Å²) in [6, 6.07) is 10.1. The highest BCUT2D eigenvalue weighted by atomic mass is 16.2. The molecule has 3 N–H and O–H groups in total. The normalized spacial score (nSPS) is 14.2. The van der Waals surface area contributed by atoms with Gasteiger partial charge in [0.05, 0.1) is 0 Å². The Balaban J connectivity index is 1.66. The van der Waals surface area contributed by atoms with E-state index in [4.69, 9.17) is 0 Å². The first kappa shape index (κ1) is 19.5. The van der Waals surface area contributed by atoms with E-state index in [0.29, 0.717) is 16.9 Å². The first-order chi connectivity index (χ1) is 13.5. The molecule has 1 heterocycles. The summed E-state index contributed by atoms with van der Waals surface area (Å²) < 4.78 is 0. The number of rotatable bonds is 5. The lowest BCUT2D eigenvalue weighted by atomic mass is 9.95. The van der Waals surface area contributed by atoms with Crippen molar-refractivity contribution < 1.29 is 14.4 Å². The molecule has 1 aromatic heterocycles. The van der Waals surface area contributed by atoms with E-state index >= 15 is 0 Å². The minimum absolute atomic E-state index is 0.178. The summed E-state index contributed by atoms with van der Waals surface area (Å²) in [7, 11) is 0. The molecule has 3 amide bonds. The Morgan fingerprint density at radius 1 is 0.929 bits per heavy atom. The molecular weight excluding hydrogens is 356 g/mol. The number of amides is 3. The van der Waals surface area contributed by atoms with Crippen LogP contribution in [0.15, 0.2) is 42.6 Å². The van der Waals surface area contributed by atoms with Gasteiger partial charge in [0, 0.05) is 36.1 Å². The molecule has 7 heteroatoms. The molecule has 0 unspecified atom stereocenters. The second kappa shape index (κ2) is 9.12. The fraction of sp³-hybridized carbons (Fsp3) is 0.333. The maximum absolute atomic E-state index is 12.6. The number of carbonyl (C=O) groups excluding carboxylic acids is 3. The van der Waals surface area contributed by atoms with Crippen molar-refractivity contribution in [3.8, 4) is 0 Å². The van der Waals surface area contributed by atoms with Crippen LogP contribution < -0.4 is 16.0 Å². The van der Waals surface area contributed by atoms with E-state index < -0.39 is 0 Å². The molecule has 3 rings (SSSR count). The third kappa shape index (κ3) is 5.39. The summed E-state index contributed by atoms with van der Waals surface area (Å²) in [5.41, 5.74) is 1.70. The van der Waals surface area contributed by atoms with Crippen molar-refractivity contribution in [2.24, 2.45) is 0 Å². The van der Waals surface area contributed by atoms with Crippen LogP contribution in [0.5, 0.6) is 0 Å². The number of hydrogen-bond donors (Lipinski definition) is 3. The minimum Gasteiger partial charge on any atom is -0.348 e. The maximum atomic E-state index is 12.6. The lowest BCUT2D eigenvalue weighted by Gasteiger charge is -2.22. The van der Waals surface area contributed by atoms with Crippen molar-refractivity contribution in [2.45, 2.75) is 45.1 Å². The predicted octanol–water partition coefficient (Wildman–Crippen LogP) is 3.35. The number of nitrogens with zero attached hydrogens (tertiary/aromatic N) is 1. The van der Waals surface area contributed by atoms with Crippen LogP contribution in [-0.2, 0) is 4.79 Å². The van der Waals surface area contributed by atoms with Crippen LogP contribution in [0, 0.1) is 0 Å². The van der Waals surface area contributed by atoms with Crippen molar-refractivity contribution in [1.29, 1.82) is 0 Å². The SMILES string of the molecule is CC(=O)Nc1cccc(NC(=O)c2ccnc(C(=O)NC3CCCCC3)c2)c1. The van der Waals surface area contributed by atoms with Crippen LogP contribution in [0.1, 0.15) is 59.9 Å². The van der Waals surface area contributed by atoms with Crippen molar-refractivity contribution in [1.82, 2.24) is 10.3 Å². The highest BCUT2D eigenvalue weighted by Gasteiger charge is 2.18. The molecule has 0 spiro atoms. The second-order valence-electron chi connectivity index (χ2n) is 6.95. The third-order valence-corrected chi connectivity index (χ3v) is 4.64. The molecule has 1 aliphatic rings. The Labute approximate surface area is 163 Å². The molecule has 2 aromatic rings. The van der Waals surface area contributed by atoms with Gasteiger partial charge in [0.1, 0.15) is 5.69 Å². The third-order valence-electron chi connectivity index (χ3n) is 4.64. The van der Waals surface area contributed by atoms with E-state index in [1.165, 1.54) is 25.6 Å². The molecule has 28 heavy (non-hydrogen) atoms. The fourth-order valence-electron chi connectivity index (χ4n) is 3.28. The molecule has 1 aliphatic carbocycles. The summed E-state index contributed by atoms with van der Waals surface area (Å²) in [6.45, 7) is 1.42. The smallest absolute Gasteiger partial charge is 0.270 e. The van der Waals surface area contributed by atoms with Gasteiger partial charge in [-0.2, -0.15) is 0 Å². The van der Waals surface area contributed by atoms with E-state index in [2.05, 4.69) is 20.9 Å². The second-order valence-corrected chi connectivity index (χ2v) is 6.95. The molecule has 1 fully saturated rings. The van der Waals surface area contributed by atoms with Crippen LogP contribution >= 0.6 is 0 Å². The van der Waals surface area contributed by atoms with E-state index in [1.807, 2.05) is 0 Å². The number of hydrogen-bond acceptors (Lipinski definition) is 4. The highest BCUT2D eigenvalue weighted by Crippen LogP contribution is 2.18. The monoisotopic (exact) mass is 380 g/mol. The summed E-state index contributed by atoms with van der Waals surface area (Å²) in [5, 5.41) is 8.44. The molecular formula is C21H24N4O3. The van der Waals surface area contributed by atoms with Crippen molar-refractivity contribution in [2.75, 3.05) is 10.6 Å². The summed E-state index contributed by atoms with van der Waals surface area (Å²) in [6.07, 6.45) is 6.88. The predicted molar refractivity (Wildman–Crippen MR) is 107 cm³/mol. The van der Waals surface area contributed by atoms with Gasteiger partial charge in [-0.3, -0.25) is 19.4 Å². The number of carbonyl (C=O) groups is 3. The number of nitrogens with one attached hydrogen (secondary N) is 3. The fourth-order valence-corrected chi connectivity index (χ4v) is 3.28. The van der Waals surface area contributed by atoms with Gasteiger partial charge >= 0.3 is 0 Å². The van der Waals surface area contributed by atoms with Crippen molar-refractivity contribution in [3.05, 3.63) is 53.9 Å². The highest BCUT2D eigenvalue weighted by molar-refractivity contribution is 6.06. The van der Waals surface area contributed by atoms with E-state index in [9.17, 15) is 14.4 Å². The van der Waals surface area contributed by atoms with Gasteiger partial charge in [-0.1, -0.05) is 25.3 Å².